The van der Waals surface area contributed by atoms with Gasteiger partial charge in [0.05, 0.1) is 24.8 Å². The number of aromatic nitrogens is 2. The fraction of sp³-hybridized carbons (Fsp3) is 0.455. The molecule has 2 aliphatic rings. The summed E-state index contributed by atoms with van der Waals surface area (Å²) in [5.41, 5.74) is 1.61. The molecule has 2 aliphatic heterocycles. The number of pyridine rings is 2. The molecule has 0 saturated carbocycles. The molecule has 0 aromatic carbocycles. The predicted octanol–water partition coefficient (Wildman–Crippen LogP) is 1.70. The molecule has 0 aliphatic carbocycles. The molecule has 2 atom stereocenters. The molecular formula is C22H26N4O4. The second kappa shape index (κ2) is 9.32. The Balaban J connectivity index is 1.43. The molecule has 4 rings (SSSR count). The topological polar surface area (TPSA) is 84.9 Å². The third kappa shape index (κ3) is 4.06. The zero-order valence-electron chi connectivity index (χ0n) is 17.0. The molecule has 8 heteroatoms. The van der Waals surface area contributed by atoms with Crippen LogP contribution in [0.1, 0.15) is 34.8 Å². The van der Waals surface area contributed by atoms with Crippen LogP contribution in [0.25, 0.3) is 0 Å². The van der Waals surface area contributed by atoms with Gasteiger partial charge in [-0.3, -0.25) is 19.6 Å². The highest BCUT2D eigenvalue weighted by molar-refractivity contribution is 5.94. The maximum Gasteiger partial charge on any atom is 0.255 e. The smallest absolute Gasteiger partial charge is 0.255 e. The lowest BCUT2D eigenvalue weighted by Gasteiger charge is -2.52. The summed E-state index contributed by atoms with van der Waals surface area (Å²) >= 11 is 0. The van der Waals surface area contributed by atoms with E-state index in [0.29, 0.717) is 31.9 Å². The highest BCUT2D eigenvalue weighted by atomic mass is 16.5. The van der Waals surface area contributed by atoms with Gasteiger partial charge < -0.3 is 19.3 Å². The zero-order valence-corrected chi connectivity index (χ0v) is 17.0. The lowest BCUT2D eigenvalue weighted by Crippen LogP contribution is -2.65. The number of hydrogen-bond acceptors (Lipinski definition) is 6. The van der Waals surface area contributed by atoms with E-state index in [1.165, 1.54) is 0 Å². The average Bonchev–Trinajstić information content (AvgIpc) is 2.81. The summed E-state index contributed by atoms with van der Waals surface area (Å²) in [5.74, 6) is -0.00658. The van der Waals surface area contributed by atoms with Crippen molar-refractivity contribution in [1.82, 2.24) is 19.8 Å². The number of hydrogen-bond donors (Lipinski definition) is 0. The Hall–Kier alpha value is -2.84. The van der Waals surface area contributed by atoms with Crippen LogP contribution in [0.15, 0.2) is 49.1 Å². The van der Waals surface area contributed by atoms with E-state index in [-0.39, 0.29) is 23.9 Å². The fourth-order valence-electron chi connectivity index (χ4n) is 4.23. The van der Waals surface area contributed by atoms with Gasteiger partial charge in [-0.1, -0.05) is 0 Å². The van der Waals surface area contributed by atoms with Gasteiger partial charge in [0.15, 0.2) is 6.10 Å². The first kappa shape index (κ1) is 20.4. The van der Waals surface area contributed by atoms with Crippen LogP contribution in [0.3, 0.4) is 0 Å². The maximum atomic E-state index is 12.9. The Morgan fingerprint density at radius 3 is 2.53 bits per heavy atom. The molecular weight excluding hydrogens is 384 g/mol. The highest BCUT2D eigenvalue weighted by Gasteiger charge is 2.52. The standard InChI is InChI=1S/C22H26N4O4/c1-29-13-14-30-20-19(16-4-9-23-10-5-16)26(22(20)28)18-6-11-25(12-7-18)21(27)17-3-2-8-24-15-17/h2-5,8-10,15,18-20H,6-7,11-14H2,1H3/t19-,20+/m0/s1. The molecule has 2 aromatic rings. The summed E-state index contributed by atoms with van der Waals surface area (Å²) in [7, 11) is 1.61. The van der Waals surface area contributed by atoms with Crippen LogP contribution in [0.5, 0.6) is 0 Å². The van der Waals surface area contributed by atoms with Crippen molar-refractivity contribution >= 4 is 11.8 Å². The molecule has 8 nitrogen and oxygen atoms in total. The van der Waals surface area contributed by atoms with Gasteiger partial charge in [-0.15, -0.1) is 0 Å². The van der Waals surface area contributed by atoms with E-state index in [9.17, 15) is 9.59 Å². The second-order valence-electron chi connectivity index (χ2n) is 7.52. The number of likely N-dealkylation sites (tertiary alicyclic amines) is 2. The van der Waals surface area contributed by atoms with Crippen molar-refractivity contribution in [3.63, 3.8) is 0 Å². The number of amides is 2. The third-order valence-electron chi connectivity index (χ3n) is 5.77. The van der Waals surface area contributed by atoms with Crippen molar-refractivity contribution < 1.29 is 19.1 Å². The Morgan fingerprint density at radius 2 is 1.87 bits per heavy atom. The quantitative estimate of drug-likeness (QED) is 0.510. The maximum absolute atomic E-state index is 12.9. The molecule has 0 spiro atoms. The van der Waals surface area contributed by atoms with Gasteiger partial charge in [0.1, 0.15) is 0 Å². The molecule has 2 amide bonds. The molecule has 0 unspecified atom stereocenters. The number of β-lactam (4-membered cyclic amide) rings is 1. The van der Waals surface area contributed by atoms with Gasteiger partial charge in [-0.2, -0.15) is 0 Å². The van der Waals surface area contributed by atoms with Crippen molar-refractivity contribution in [1.29, 1.82) is 0 Å². The van der Waals surface area contributed by atoms with E-state index in [1.807, 2.05) is 21.9 Å². The van der Waals surface area contributed by atoms with E-state index >= 15 is 0 Å². The largest absolute Gasteiger partial charge is 0.382 e. The van der Waals surface area contributed by atoms with Crippen LogP contribution in [0.2, 0.25) is 0 Å². The Labute approximate surface area is 175 Å². The number of carbonyl (C=O) groups excluding carboxylic acids is 2. The minimum Gasteiger partial charge on any atom is -0.382 e. The Bertz CT molecular complexity index is 856. The third-order valence-corrected chi connectivity index (χ3v) is 5.77. The zero-order chi connectivity index (χ0) is 20.9. The molecule has 2 saturated heterocycles. The summed E-state index contributed by atoms with van der Waals surface area (Å²) in [5, 5.41) is 0. The van der Waals surface area contributed by atoms with Crippen LogP contribution < -0.4 is 0 Å². The van der Waals surface area contributed by atoms with E-state index in [1.54, 1.807) is 44.0 Å². The monoisotopic (exact) mass is 410 g/mol. The van der Waals surface area contributed by atoms with Gasteiger partial charge in [-0.25, -0.2) is 0 Å². The Morgan fingerprint density at radius 1 is 1.10 bits per heavy atom. The van der Waals surface area contributed by atoms with E-state index in [4.69, 9.17) is 9.47 Å². The van der Waals surface area contributed by atoms with Gasteiger partial charge in [0, 0.05) is 51.0 Å². The van der Waals surface area contributed by atoms with E-state index in [0.717, 1.165) is 18.4 Å². The fourth-order valence-corrected chi connectivity index (χ4v) is 4.23. The molecule has 4 heterocycles. The van der Waals surface area contributed by atoms with Crippen LogP contribution in [-0.2, 0) is 14.3 Å². The lowest BCUT2D eigenvalue weighted by atomic mass is 9.86. The minimum atomic E-state index is -0.502. The minimum absolute atomic E-state index is 0.00458. The highest BCUT2D eigenvalue weighted by Crippen LogP contribution is 2.40. The number of methoxy groups -OCH3 is 1. The predicted molar refractivity (Wildman–Crippen MR) is 109 cm³/mol. The first-order valence-electron chi connectivity index (χ1n) is 10.2. The van der Waals surface area contributed by atoms with Crippen LogP contribution in [-0.4, -0.2) is 77.1 Å². The van der Waals surface area contributed by atoms with E-state index in [2.05, 4.69) is 9.97 Å². The summed E-state index contributed by atoms with van der Waals surface area (Å²) < 4.78 is 10.9. The summed E-state index contributed by atoms with van der Waals surface area (Å²) in [4.78, 5) is 37.5. The number of carbonyl (C=O) groups is 2. The molecule has 158 valence electrons. The number of nitrogens with zero attached hydrogens (tertiary/aromatic N) is 4. The molecule has 0 radical (unpaired) electrons. The van der Waals surface area contributed by atoms with Crippen LogP contribution >= 0.6 is 0 Å². The second-order valence-corrected chi connectivity index (χ2v) is 7.52. The number of ether oxygens (including phenoxy) is 2. The molecule has 0 bridgehead atoms. The van der Waals surface area contributed by atoms with Gasteiger partial charge in [0.2, 0.25) is 0 Å². The van der Waals surface area contributed by atoms with Gasteiger partial charge in [0.25, 0.3) is 11.8 Å². The van der Waals surface area contributed by atoms with Crippen molar-refractivity contribution in [2.45, 2.75) is 31.0 Å². The SMILES string of the molecule is COCCO[C@H]1C(=O)N(C2CCN(C(=O)c3cccnc3)CC2)[C@H]1c1ccncc1. The van der Waals surface area contributed by atoms with Crippen LogP contribution in [0, 0.1) is 0 Å². The normalized spacial score (nSPS) is 22.1. The first-order chi connectivity index (χ1) is 14.7. The number of piperidine rings is 1. The van der Waals surface area contributed by atoms with Crippen molar-refractivity contribution in [3.8, 4) is 0 Å². The summed E-state index contributed by atoms with van der Waals surface area (Å²) in [6.45, 7) is 2.04. The summed E-state index contributed by atoms with van der Waals surface area (Å²) in [6, 6.07) is 7.35. The molecule has 30 heavy (non-hydrogen) atoms. The molecule has 2 fully saturated rings. The summed E-state index contributed by atoms with van der Waals surface area (Å²) in [6.07, 6.45) is 7.69. The van der Waals surface area contributed by atoms with E-state index < -0.39 is 6.10 Å². The van der Waals surface area contributed by atoms with Gasteiger partial charge >= 0.3 is 0 Å². The van der Waals surface area contributed by atoms with Gasteiger partial charge in [-0.05, 0) is 42.7 Å². The van der Waals surface area contributed by atoms with Crippen LogP contribution in [0.4, 0.5) is 0 Å². The van der Waals surface area contributed by atoms with Crippen molar-refractivity contribution in [2.24, 2.45) is 0 Å². The van der Waals surface area contributed by atoms with Crippen molar-refractivity contribution in [3.05, 3.63) is 60.2 Å². The Kier molecular flexibility index (Phi) is 6.35. The average molecular weight is 410 g/mol. The molecule has 0 N–H and O–H groups in total. The number of rotatable bonds is 7. The van der Waals surface area contributed by atoms with Crippen molar-refractivity contribution in [2.75, 3.05) is 33.4 Å². The molecule has 2 aromatic heterocycles. The first-order valence-corrected chi connectivity index (χ1v) is 10.2. The lowest BCUT2D eigenvalue weighted by molar-refractivity contribution is -0.183.